The predicted octanol–water partition coefficient (Wildman–Crippen LogP) is 2.86. The number of rotatable bonds is 5. The van der Waals surface area contributed by atoms with E-state index in [9.17, 15) is 9.59 Å². The van der Waals surface area contributed by atoms with E-state index >= 15 is 0 Å². The molecule has 2 rings (SSSR count). The van der Waals surface area contributed by atoms with E-state index in [0.29, 0.717) is 22.4 Å². The van der Waals surface area contributed by atoms with Crippen LogP contribution < -0.4 is 4.74 Å². The molecule has 4 heteroatoms. The van der Waals surface area contributed by atoms with E-state index in [-0.39, 0.29) is 6.61 Å². The number of hydrogen-bond donors (Lipinski definition) is 0. The molecular weight excluding hydrogens is 256 g/mol. The minimum atomic E-state index is -0.441. The first-order valence-electron chi connectivity index (χ1n) is 6.09. The SMILES string of the molecule is COC(=O)c1ccc(C=O)c(COc2ccccc2)c1. The zero-order valence-corrected chi connectivity index (χ0v) is 11.0. The van der Waals surface area contributed by atoms with E-state index in [0.717, 1.165) is 6.29 Å². The third-order valence-electron chi connectivity index (χ3n) is 2.83. The van der Waals surface area contributed by atoms with Crippen molar-refractivity contribution in [1.29, 1.82) is 0 Å². The average molecular weight is 270 g/mol. The van der Waals surface area contributed by atoms with Gasteiger partial charge < -0.3 is 9.47 Å². The normalized spacial score (nSPS) is 9.85. The Bertz CT molecular complexity index is 605. The summed E-state index contributed by atoms with van der Waals surface area (Å²) in [7, 11) is 1.32. The van der Waals surface area contributed by atoms with Gasteiger partial charge in [0.15, 0.2) is 0 Å². The summed E-state index contributed by atoms with van der Waals surface area (Å²) in [6.07, 6.45) is 0.741. The lowest BCUT2D eigenvalue weighted by Gasteiger charge is -2.09. The van der Waals surface area contributed by atoms with E-state index < -0.39 is 5.97 Å². The molecule has 0 radical (unpaired) electrons. The summed E-state index contributed by atoms with van der Waals surface area (Å²) in [6, 6.07) is 14.0. The molecule has 0 aliphatic heterocycles. The predicted molar refractivity (Wildman–Crippen MR) is 73.9 cm³/mol. The van der Waals surface area contributed by atoms with Gasteiger partial charge in [-0.15, -0.1) is 0 Å². The highest BCUT2D eigenvalue weighted by Gasteiger charge is 2.10. The van der Waals surface area contributed by atoms with Gasteiger partial charge in [-0.25, -0.2) is 4.79 Å². The van der Waals surface area contributed by atoms with Gasteiger partial charge in [-0.3, -0.25) is 4.79 Å². The summed E-state index contributed by atoms with van der Waals surface area (Å²) >= 11 is 0. The lowest BCUT2D eigenvalue weighted by Crippen LogP contribution is -2.05. The Kier molecular flexibility index (Phi) is 4.50. The molecule has 2 aromatic rings. The van der Waals surface area contributed by atoms with Crippen molar-refractivity contribution < 1.29 is 19.1 Å². The largest absolute Gasteiger partial charge is 0.489 e. The van der Waals surface area contributed by atoms with Crippen molar-refractivity contribution in [2.75, 3.05) is 7.11 Å². The highest BCUT2D eigenvalue weighted by Crippen LogP contribution is 2.16. The van der Waals surface area contributed by atoms with Gasteiger partial charge in [0.1, 0.15) is 18.6 Å². The fourth-order valence-electron chi connectivity index (χ4n) is 1.77. The Balaban J connectivity index is 2.20. The third-order valence-corrected chi connectivity index (χ3v) is 2.83. The van der Waals surface area contributed by atoms with Crippen LogP contribution in [-0.2, 0) is 11.3 Å². The first-order chi connectivity index (χ1) is 9.74. The van der Waals surface area contributed by atoms with Crippen molar-refractivity contribution in [1.82, 2.24) is 0 Å². The summed E-state index contributed by atoms with van der Waals surface area (Å²) < 4.78 is 10.3. The topological polar surface area (TPSA) is 52.6 Å². The number of aldehydes is 1. The number of para-hydroxylation sites is 1. The quantitative estimate of drug-likeness (QED) is 0.619. The maximum Gasteiger partial charge on any atom is 0.337 e. The molecule has 0 aromatic heterocycles. The number of carbonyl (C=O) groups excluding carboxylic acids is 2. The van der Waals surface area contributed by atoms with Crippen molar-refractivity contribution in [2.45, 2.75) is 6.61 Å². The molecule has 0 N–H and O–H groups in total. The molecule has 0 amide bonds. The monoisotopic (exact) mass is 270 g/mol. The van der Waals surface area contributed by atoms with Crippen molar-refractivity contribution in [3.8, 4) is 5.75 Å². The molecule has 4 nitrogen and oxygen atoms in total. The van der Waals surface area contributed by atoms with E-state index in [1.54, 1.807) is 18.2 Å². The van der Waals surface area contributed by atoms with Crippen LogP contribution in [0.5, 0.6) is 5.75 Å². The molecule has 0 saturated carbocycles. The second-order valence-corrected chi connectivity index (χ2v) is 4.12. The molecule has 0 atom stereocenters. The van der Waals surface area contributed by atoms with Crippen LogP contribution in [0.2, 0.25) is 0 Å². The van der Waals surface area contributed by atoms with E-state index in [2.05, 4.69) is 4.74 Å². The smallest absolute Gasteiger partial charge is 0.337 e. The molecule has 0 aliphatic carbocycles. The van der Waals surface area contributed by atoms with Crippen LogP contribution in [-0.4, -0.2) is 19.4 Å². The number of esters is 1. The van der Waals surface area contributed by atoms with E-state index in [4.69, 9.17) is 4.74 Å². The van der Waals surface area contributed by atoms with Crippen LogP contribution in [0.3, 0.4) is 0 Å². The average Bonchev–Trinajstić information content (AvgIpc) is 2.52. The third kappa shape index (κ3) is 3.23. The molecule has 2 aromatic carbocycles. The summed E-state index contributed by atoms with van der Waals surface area (Å²) in [5, 5.41) is 0. The highest BCUT2D eigenvalue weighted by molar-refractivity contribution is 5.91. The fraction of sp³-hybridized carbons (Fsp3) is 0.125. The molecule has 0 spiro atoms. The van der Waals surface area contributed by atoms with Gasteiger partial charge in [-0.1, -0.05) is 24.3 Å². The van der Waals surface area contributed by atoms with Gasteiger partial charge in [-0.05, 0) is 24.3 Å². The molecule has 102 valence electrons. The number of ether oxygens (including phenoxy) is 2. The van der Waals surface area contributed by atoms with Gasteiger partial charge in [0.2, 0.25) is 0 Å². The van der Waals surface area contributed by atoms with Gasteiger partial charge >= 0.3 is 5.97 Å². The minimum Gasteiger partial charge on any atom is -0.489 e. The van der Waals surface area contributed by atoms with Crippen molar-refractivity contribution in [3.63, 3.8) is 0 Å². The highest BCUT2D eigenvalue weighted by atomic mass is 16.5. The lowest BCUT2D eigenvalue weighted by atomic mass is 10.1. The standard InChI is InChI=1S/C16H14O4/c1-19-16(18)12-7-8-13(10-17)14(9-12)11-20-15-5-3-2-4-6-15/h2-10H,11H2,1H3. The van der Waals surface area contributed by atoms with Gasteiger partial charge in [0, 0.05) is 11.1 Å². The summed E-state index contributed by atoms with van der Waals surface area (Å²) in [6.45, 7) is 0.211. The lowest BCUT2D eigenvalue weighted by molar-refractivity contribution is 0.0600. The number of methoxy groups -OCH3 is 1. The number of hydrogen-bond acceptors (Lipinski definition) is 4. The Morgan fingerprint density at radius 2 is 1.90 bits per heavy atom. The van der Waals surface area contributed by atoms with Crippen LogP contribution in [0.15, 0.2) is 48.5 Å². The Labute approximate surface area is 116 Å². The molecular formula is C16H14O4. The van der Waals surface area contributed by atoms with Crippen LogP contribution in [0, 0.1) is 0 Å². The zero-order chi connectivity index (χ0) is 14.4. The summed E-state index contributed by atoms with van der Waals surface area (Å²) in [4.78, 5) is 22.5. The number of carbonyl (C=O) groups is 2. The molecule has 0 heterocycles. The maximum atomic E-state index is 11.5. The summed E-state index contributed by atoms with van der Waals surface area (Å²) in [5.41, 5.74) is 1.53. The van der Waals surface area contributed by atoms with Crippen molar-refractivity contribution in [2.24, 2.45) is 0 Å². The van der Waals surface area contributed by atoms with Crippen molar-refractivity contribution in [3.05, 3.63) is 65.2 Å². The van der Waals surface area contributed by atoms with Gasteiger partial charge in [0.05, 0.1) is 12.7 Å². The second-order valence-electron chi connectivity index (χ2n) is 4.12. The maximum absolute atomic E-state index is 11.5. The summed E-state index contributed by atoms with van der Waals surface area (Å²) in [5.74, 6) is 0.260. The number of benzene rings is 2. The molecule has 20 heavy (non-hydrogen) atoms. The van der Waals surface area contributed by atoms with Crippen LogP contribution in [0.4, 0.5) is 0 Å². The first kappa shape index (κ1) is 13.8. The Hall–Kier alpha value is -2.62. The van der Waals surface area contributed by atoms with Crippen molar-refractivity contribution >= 4 is 12.3 Å². The molecule has 0 bridgehead atoms. The molecule has 0 aliphatic rings. The second kappa shape index (κ2) is 6.52. The van der Waals surface area contributed by atoms with E-state index in [1.165, 1.54) is 7.11 Å². The molecule has 0 unspecified atom stereocenters. The van der Waals surface area contributed by atoms with Gasteiger partial charge in [0.25, 0.3) is 0 Å². The Morgan fingerprint density at radius 3 is 2.55 bits per heavy atom. The van der Waals surface area contributed by atoms with Gasteiger partial charge in [-0.2, -0.15) is 0 Å². The van der Waals surface area contributed by atoms with Crippen LogP contribution in [0.1, 0.15) is 26.3 Å². The van der Waals surface area contributed by atoms with E-state index in [1.807, 2.05) is 30.3 Å². The first-order valence-corrected chi connectivity index (χ1v) is 6.09. The van der Waals surface area contributed by atoms with Crippen LogP contribution >= 0.6 is 0 Å². The zero-order valence-electron chi connectivity index (χ0n) is 11.0. The minimum absolute atomic E-state index is 0.211. The molecule has 0 fully saturated rings. The molecule has 0 saturated heterocycles. The van der Waals surface area contributed by atoms with Crippen LogP contribution in [0.25, 0.3) is 0 Å². The fourth-order valence-corrected chi connectivity index (χ4v) is 1.77. The Morgan fingerprint density at radius 1 is 1.15 bits per heavy atom.